The molecular weight excluding hydrogens is 433 g/mol. The first-order valence-corrected chi connectivity index (χ1v) is 11.5. The first-order chi connectivity index (χ1) is 16.5. The number of likely N-dealkylation sites (tertiary alicyclic amines) is 1. The maximum absolute atomic E-state index is 14.7. The fraction of sp³-hybridized carbons (Fsp3) is 0.308. The van der Waals surface area contributed by atoms with Gasteiger partial charge in [0.15, 0.2) is 0 Å². The Balaban J connectivity index is 1.17. The maximum atomic E-state index is 14.7. The Morgan fingerprint density at radius 1 is 1.12 bits per heavy atom. The molecule has 8 heteroatoms. The van der Waals surface area contributed by atoms with Gasteiger partial charge in [-0.15, -0.1) is 0 Å². The lowest BCUT2D eigenvalue weighted by atomic mass is 9.63. The second-order valence-corrected chi connectivity index (χ2v) is 9.58. The van der Waals surface area contributed by atoms with Gasteiger partial charge in [0.2, 0.25) is 0 Å². The van der Waals surface area contributed by atoms with Crippen molar-refractivity contribution in [1.82, 2.24) is 24.6 Å². The molecule has 1 aliphatic heterocycles. The largest absolute Gasteiger partial charge is 0.347 e. The van der Waals surface area contributed by atoms with Gasteiger partial charge in [0, 0.05) is 50.0 Å². The number of halogens is 1. The number of amides is 1. The smallest absolute Gasteiger partial charge is 0.270 e. The van der Waals surface area contributed by atoms with Gasteiger partial charge in [-0.25, -0.2) is 9.37 Å². The lowest BCUT2D eigenvalue weighted by Crippen LogP contribution is -2.58. The van der Waals surface area contributed by atoms with Crippen molar-refractivity contribution >= 4 is 22.5 Å². The molecule has 0 radical (unpaired) electrons. The van der Waals surface area contributed by atoms with Crippen molar-refractivity contribution in [3.8, 4) is 0 Å². The molecule has 1 saturated carbocycles. The van der Waals surface area contributed by atoms with Crippen LogP contribution in [0.5, 0.6) is 0 Å². The first-order valence-electron chi connectivity index (χ1n) is 11.5. The third-order valence-corrected chi connectivity index (χ3v) is 7.05. The number of pyridine rings is 2. The van der Waals surface area contributed by atoms with E-state index in [1.54, 1.807) is 36.7 Å². The Morgan fingerprint density at radius 3 is 2.74 bits per heavy atom. The van der Waals surface area contributed by atoms with E-state index in [1.807, 2.05) is 12.1 Å². The third-order valence-electron chi connectivity index (χ3n) is 7.05. The molecule has 0 unspecified atom stereocenters. The molecule has 172 valence electrons. The fourth-order valence-corrected chi connectivity index (χ4v) is 5.21. The minimum absolute atomic E-state index is 0.0528. The van der Waals surface area contributed by atoms with Crippen LogP contribution in [0.2, 0.25) is 0 Å². The van der Waals surface area contributed by atoms with E-state index in [0.29, 0.717) is 22.0 Å². The van der Waals surface area contributed by atoms with Gasteiger partial charge in [-0.05, 0) is 59.7 Å². The number of benzene rings is 1. The SMILES string of the molecule is O=C(NCc1cnc2c(F)cc(CN3CC4(CCC4)C3)cc2c1)c1cc(=O)n2ccccc2n1. The molecule has 0 atom stereocenters. The van der Waals surface area contributed by atoms with Crippen LogP contribution in [0.4, 0.5) is 4.39 Å². The molecule has 1 saturated heterocycles. The Kier molecular flexibility index (Phi) is 4.91. The Morgan fingerprint density at radius 2 is 1.94 bits per heavy atom. The van der Waals surface area contributed by atoms with Crippen molar-refractivity contribution in [3.05, 3.63) is 87.9 Å². The summed E-state index contributed by atoms with van der Waals surface area (Å²) in [6.45, 7) is 3.13. The molecule has 1 amide bonds. The zero-order chi connectivity index (χ0) is 23.3. The van der Waals surface area contributed by atoms with Crippen LogP contribution >= 0.6 is 0 Å². The van der Waals surface area contributed by atoms with Gasteiger partial charge in [-0.3, -0.25) is 23.9 Å². The van der Waals surface area contributed by atoms with Crippen LogP contribution in [-0.2, 0) is 13.1 Å². The normalized spacial score (nSPS) is 17.0. The lowest BCUT2D eigenvalue weighted by Gasteiger charge is -2.56. The Labute approximate surface area is 195 Å². The van der Waals surface area contributed by atoms with Crippen LogP contribution in [0.1, 0.15) is 40.9 Å². The Bertz CT molecular complexity index is 1490. The summed E-state index contributed by atoms with van der Waals surface area (Å²) in [6.07, 6.45) is 7.13. The first kappa shape index (κ1) is 20.9. The molecule has 4 aromatic rings. The van der Waals surface area contributed by atoms with Gasteiger partial charge in [0.25, 0.3) is 11.5 Å². The number of carbonyl (C=O) groups is 1. The van der Waals surface area contributed by atoms with Gasteiger partial charge >= 0.3 is 0 Å². The number of nitrogens with one attached hydrogen (secondary N) is 1. The molecule has 2 aliphatic rings. The highest BCUT2D eigenvalue weighted by Crippen LogP contribution is 2.48. The van der Waals surface area contributed by atoms with E-state index >= 15 is 0 Å². The second kappa shape index (κ2) is 7.99. The van der Waals surface area contributed by atoms with Gasteiger partial charge in [0.1, 0.15) is 22.7 Å². The maximum Gasteiger partial charge on any atom is 0.270 e. The number of carbonyl (C=O) groups excluding carboxylic acids is 1. The van der Waals surface area contributed by atoms with Crippen molar-refractivity contribution in [1.29, 1.82) is 0 Å². The molecule has 1 aromatic carbocycles. The zero-order valence-electron chi connectivity index (χ0n) is 18.6. The van der Waals surface area contributed by atoms with E-state index < -0.39 is 5.91 Å². The molecule has 6 rings (SSSR count). The van der Waals surface area contributed by atoms with Crippen molar-refractivity contribution in [3.63, 3.8) is 0 Å². The molecule has 1 N–H and O–H groups in total. The zero-order valence-corrected chi connectivity index (χ0v) is 18.6. The van der Waals surface area contributed by atoms with Crippen LogP contribution in [0.15, 0.2) is 59.7 Å². The monoisotopic (exact) mass is 457 g/mol. The molecule has 4 heterocycles. The molecule has 2 fully saturated rings. The molecule has 1 aliphatic carbocycles. The minimum atomic E-state index is -0.453. The van der Waals surface area contributed by atoms with E-state index in [-0.39, 0.29) is 23.6 Å². The summed E-state index contributed by atoms with van der Waals surface area (Å²) in [5, 5.41) is 3.49. The van der Waals surface area contributed by atoms with Crippen LogP contribution in [0.25, 0.3) is 16.6 Å². The highest BCUT2D eigenvalue weighted by Gasteiger charge is 2.46. The van der Waals surface area contributed by atoms with E-state index in [9.17, 15) is 14.0 Å². The van der Waals surface area contributed by atoms with Crippen LogP contribution in [0, 0.1) is 11.2 Å². The minimum Gasteiger partial charge on any atom is -0.347 e. The van der Waals surface area contributed by atoms with Crippen molar-refractivity contribution in [2.75, 3.05) is 13.1 Å². The number of nitrogens with zero attached hydrogens (tertiary/aromatic N) is 4. The summed E-state index contributed by atoms with van der Waals surface area (Å²) < 4.78 is 16.1. The van der Waals surface area contributed by atoms with Crippen LogP contribution in [-0.4, -0.2) is 38.3 Å². The molecule has 0 bridgehead atoms. The molecule has 7 nitrogen and oxygen atoms in total. The number of hydrogen-bond acceptors (Lipinski definition) is 5. The van der Waals surface area contributed by atoms with Crippen LogP contribution in [0.3, 0.4) is 0 Å². The summed E-state index contributed by atoms with van der Waals surface area (Å²) >= 11 is 0. The molecule has 34 heavy (non-hydrogen) atoms. The van der Waals surface area contributed by atoms with E-state index in [0.717, 1.165) is 30.8 Å². The van der Waals surface area contributed by atoms with Gasteiger partial charge in [-0.1, -0.05) is 12.5 Å². The summed E-state index contributed by atoms with van der Waals surface area (Å²) in [7, 11) is 0. The van der Waals surface area contributed by atoms with E-state index in [1.165, 1.54) is 29.7 Å². The topological polar surface area (TPSA) is 79.6 Å². The van der Waals surface area contributed by atoms with E-state index in [4.69, 9.17) is 0 Å². The average molecular weight is 458 g/mol. The number of fused-ring (bicyclic) bond motifs is 2. The predicted molar refractivity (Wildman–Crippen MR) is 126 cm³/mol. The highest BCUT2D eigenvalue weighted by atomic mass is 19.1. The summed E-state index contributed by atoms with van der Waals surface area (Å²) in [6, 6.07) is 11.8. The average Bonchev–Trinajstić information content (AvgIpc) is 2.78. The van der Waals surface area contributed by atoms with Crippen LogP contribution < -0.4 is 10.9 Å². The fourth-order valence-electron chi connectivity index (χ4n) is 5.21. The lowest BCUT2D eigenvalue weighted by molar-refractivity contribution is -0.0645. The van der Waals surface area contributed by atoms with Gasteiger partial charge in [0.05, 0.1) is 0 Å². The Hall–Kier alpha value is -3.65. The molecule has 1 spiro atoms. The standard InChI is InChI=1S/C26H24FN5O2/c27-20-10-17(14-31-15-26(16-31)5-3-6-26)8-19-9-18(12-28-24(19)20)13-29-25(34)21-11-23(33)32-7-2-1-4-22(32)30-21/h1-2,4,7-12H,3,5-6,13-16H2,(H,29,34). The van der Waals surface area contributed by atoms with E-state index in [2.05, 4.69) is 20.2 Å². The summed E-state index contributed by atoms with van der Waals surface area (Å²) in [5.74, 6) is -0.783. The quantitative estimate of drug-likeness (QED) is 0.498. The number of hydrogen-bond donors (Lipinski definition) is 1. The van der Waals surface area contributed by atoms with Crippen molar-refractivity contribution in [2.45, 2.75) is 32.4 Å². The van der Waals surface area contributed by atoms with Crippen molar-refractivity contribution in [2.24, 2.45) is 5.41 Å². The summed E-state index contributed by atoms with van der Waals surface area (Å²) in [5.41, 5.74) is 2.67. The van der Waals surface area contributed by atoms with Gasteiger partial charge < -0.3 is 5.32 Å². The number of rotatable bonds is 5. The number of aromatic nitrogens is 3. The predicted octanol–water partition coefficient (Wildman–Crippen LogP) is 3.30. The van der Waals surface area contributed by atoms with Gasteiger partial charge in [-0.2, -0.15) is 0 Å². The summed E-state index contributed by atoms with van der Waals surface area (Å²) in [4.78, 5) is 35.8. The molecule has 3 aromatic heterocycles. The van der Waals surface area contributed by atoms with Crippen molar-refractivity contribution < 1.29 is 9.18 Å². The second-order valence-electron chi connectivity index (χ2n) is 9.58. The highest BCUT2D eigenvalue weighted by molar-refractivity contribution is 5.92. The third kappa shape index (κ3) is 3.74. The molecular formula is C26H24FN5O2.